The van der Waals surface area contributed by atoms with Gasteiger partial charge in [-0.25, -0.2) is 0 Å². The molecule has 1 heterocycles. The second kappa shape index (κ2) is 12.3. The summed E-state index contributed by atoms with van der Waals surface area (Å²) in [5.41, 5.74) is 8.00. The fourth-order valence-corrected chi connectivity index (χ4v) is 3.82. The van der Waals surface area contributed by atoms with Gasteiger partial charge in [0, 0.05) is 45.5 Å². The summed E-state index contributed by atoms with van der Waals surface area (Å²) in [6.07, 6.45) is 2.99. The Bertz CT molecular complexity index is 662. The van der Waals surface area contributed by atoms with Crippen LogP contribution in [0.5, 0.6) is 0 Å². The van der Waals surface area contributed by atoms with Gasteiger partial charge in [-0.05, 0) is 63.9 Å². The molecule has 1 aliphatic rings. The fourth-order valence-electron chi connectivity index (χ4n) is 3.82. The zero-order chi connectivity index (χ0) is 21.1. The summed E-state index contributed by atoms with van der Waals surface area (Å²) in [6, 6.07) is 8.61. The van der Waals surface area contributed by atoms with Crippen molar-refractivity contribution in [1.29, 1.82) is 0 Å². The lowest BCUT2D eigenvalue weighted by Crippen LogP contribution is -2.44. The molecule has 1 unspecified atom stereocenters. The highest BCUT2D eigenvalue weighted by atomic mass is 16.1. The number of nitrogens with one attached hydrogen (secondary N) is 2. The van der Waals surface area contributed by atoms with E-state index in [9.17, 15) is 4.79 Å². The van der Waals surface area contributed by atoms with Crippen LogP contribution in [0.15, 0.2) is 29.3 Å². The number of carbonyl (C=O) groups excluding carboxylic acids is 1. The molecule has 29 heavy (non-hydrogen) atoms. The van der Waals surface area contributed by atoms with Crippen molar-refractivity contribution in [2.45, 2.75) is 33.1 Å². The molecule has 1 aromatic carbocycles. The average molecular weight is 403 g/mol. The van der Waals surface area contributed by atoms with Gasteiger partial charge in [0.15, 0.2) is 5.96 Å². The first-order valence-electron chi connectivity index (χ1n) is 10.8. The molecule has 1 aliphatic heterocycles. The number of piperidine rings is 1. The number of benzene rings is 1. The number of guanidine groups is 1. The summed E-state index contributed by atoms with van der Waals surface area (Å²) < 4.78 is 0. The number of hydrogen-bond donors (Lipinski definition) is 3. The highest BCUT2D eigenvalue weighted by Gasteiger charge is 2.23. The van der Waals surface area contributed by atoms with E-state index in [2.05, 4.69) is 63.5 Å². The van der Waals surface area contributed by atoms with Gasteiger partial charge in [-0.15, -0.1) is 0 Å². The molecule has 7 heteroatoms. The van der Waals surface area contributed by atoms with Crippen molar-refractivity contribution < 1.29 is 4.79 Å². The van der Waals surface area contributed by atoms with E-state index in [0.29, 0.717) is 0 Å². The summed E-state index contributed by atoms with van der Waals surface area (Å²) in [6.45, 7) is 10.7. The molecule has 1 amide bonds. The molecule has 1 saturated heterocycles. The van der Waals surface area contributed by atoms with Crippen LogP contribution < -0.4 is 21.3 Å². The summed E-state index contributed by atoms with van der Waals surface area (Å²) in [5, 5.41) is 6.79. The van der Waals surface area contributed by atoms with Crippen molar-refractivity contribution in [2.24, 2.45) is 16.6 Å². The number of carbonyl (C=O) groups is 1. The lowest BCUT2D eigenvalue weighted by atomic mass is 9.97. The zero-order valence-corrected chi connectivity index (χ0v) is 18.3. The van der Waals surface area contributed by atoms with Crippen molar-refractivity contribution >= 4 is 17.6 Å². The average Bonchev–Trinajstić information content (AvgIpc) is 2.73. The standard InChI is InChI=1S/C22H38N6O/c1-4-28(20-10-5-8-18(2)16-20)15-12-26-22(24-3)25-11-7-14-27-13-6-9-19(17-27)21(23)29/h5,8,10,16,19H,4,6-7,9,11-15,17H2,1-3H3,(H2,23,29)(H2,24,25,26). The maximum absolute atomic E-state index is 11.4. The number of anilines is 1. The van der Waals surface area contributed by atoms with Gasteiger partial charge in [0.05, 0.1) is 5.92 Å². The number of nitrogens with zero attached hydrogens (tertiary/aromatic N) is 3. The maximum atomic E-state index is 11.4. The summed E-state index contributed by atoms with van der Waals surface area (Å²) in [4.78, 5) is 20.4. The molecule has 1 aromatic rings. The summed E-state index contributed by atoms with van der Waals surface area (Å²) >= 11 is 0. The molecule has 1 atom stereocenters. The predicted octanol–water partition coefficient (Wildman–Crippen LogP) is 1.57. The van der Waals surface area contributed by atoms with E-state index >= 15 is 0 Å². The largest absolute Gasteiger partial charge is 0.370 e. The Kier molecular flexibility index (Phi) is 9.77. The van der Waals surface area contributed by atoms with Crippen LogP contribution in [0.1, 0.15) is 31.7 Å². The molecule has 2 rings (SSSR count). The molecule has 7 nitrogen and oxygen atoms in total. The minimum Gasteiger partial charge on any atom is -0.370 e. The van der Waals surface area contributed by atoms with Crippen molar-refractivity contribution in [1.82, 2.24) is 15.5 Å². The van der Waals surface area contributed by atoms with Crippen LogP contribution in [0, 0.1) is 12.8 Å². The number of nitrogens with two attached hydrogens (primary N) is 1. The number of aryl methyl sites for hydroxylation is 1. The van der Waals surface area contributed by atoms with Gasteiger partial charge in [-0.2, -0.15) is 0 Å². The second-order valence-electron chi connectivity index (χ2n) is 7.74. The van der Waals surface area contributed by atoms with Gasteiger partial charge in [-0.3, -0.25) is 9.79 Å². The van der Waals surface area contributed by atoms with Gasteiger partial charge < -0.3 is 26.2 Å². The van der Waals surface area contributed by atoms with E-state index in [1.54, 1.807) is 7.05 Å². The number of likely N-dealkylation sites (N-methyl/N-ethyl adjacent to an activating group) is 1. The molecule has 0 aliphatic carbocycles. The lowest BCUT2D eigenvalue weighted by molar-refractivity contribution is -0.123. The third kappa shape index (κ3) is 7.93. The normalized spacial score (nSPS) is 17.8. The molecule has 162 valence electrons. The first-order valence-corrected chi connectivity index (χ1v) is 10.8. The highest BCUT2D eigenvalue weighted by Crippen LogP contribution is 2.16. The van der Waals surface area contributed by atoms with E-state index in [-0.39, 0.29) is 11.8 Å². The fraction of sp³-hybridized carbons (Fsp3) is 0.636. The van der Waals surface area contributed by atoms with Gasteiger partial charge >= 0.3 is 0 Å². The number of hydrogen-bond acceptors (Lipinski definition) is 4. The molecule has 0 bridgehead atoms. The minimum absolute atomic E-state index is 0.0149. The number of aliphatic imine (C=N–C) groups is 1. The van der Waals surface area contributed by atoms with Gasteiger partial charge in [0.1, 0.15) is 0 Å². The quantitative estimate of drug-likeness (QED) is 0.314. The Morgan fingerprint density at radius 1 is 1.34 bits per heavy atom. The smallest absolute Gasteiger partial charge is 0.221 e. The van der Waals surface area contributed by atoms with Crippen LogP contribution in [0.3, 0.4) is 0 Å². The Morgan fingerprint density at radius 3 is 2.83 bits per heavy atom. The lowest BCUT2D eigenvalue weighted by Gasteiger charge is -2.31. The Labute approximate surface area is 175 Å². The van der Waals surface area contributed by atoms with Crippen molar-refractivity contribution in [3.8, 4) is 0 Å². The van der Waals surface area contributed by atoms with Gasteiger partial charge in [0.2, 0.25) is 5.91 Å². The summed E-state index contributed by atoms with van der Waals surface area (Å²) in [7, 11) is 1.80. The number of amides is 1. The highest BCUT2D eigenvalue weighted by molar-refractivity contribution is 5.79. The van der Waals surface area contributed by atoms with Crippen molar-refractivity contribution in [3.63, 3.8) is 0 Å². The Hall–Kier alpha value is -2.28. The second-order valence-corrected chi connectivity index (χ2v) is 7.74. The first kappa shape index (κ1) is 23.0. The van der Waals surface area contributed by atoms with Crippen LogP contribution in [0.4, 0.5) is 5.69 Å². The monoisotopic (exact) mass is 402 g/mol. The molecular formula is C22H38N6O. The Balaban J connectivity index is 1.65. The van der Waals surface area contributed by atoms with Crippen LogP contribution in [-0.4, -0.2) is 69.6 Å². The molecule has 0 aromatic heterocycles. The van der Waals surface area contributed by atoms with Crippen LogP contribution in [0.2, 0.25) is 0 Å². The van der Waals surface area contributed by atoms with Crippen LogP contribution >= 0.6 is 0 Å². The van der Waals surface area contributed by atoms with E-state index < -0.39 is 0 Å². The minimum atomic E-state index is -0.163. The third-order valence-corrected chi connectivity index (χ3v) is 5.50. The number of likely N-dealkylation sites (tertiary alicyclic amines) is 1. The van der Waals surface area contributed by atoms with Crippen molar-refractivity contribution in [2.75, 3.05) is 57.8 Å². The summed E-state index contributed by atoms with van der Waals surface area (Å²) in [5.74, 6) is 0.684. The molecule has 0 saturated carbocycles. The first-order chi connectivity index (χ1) is 14.0. The zero-order valence-electron chi connectivity index (χ0n) is 18.3. The SMILES string of the molecule is CCN(CCNC(=NC)NCCCN1CCCC(C(N)=O)C1)c1cccc(C)c1. The Morgan fingerprint density at radius 2 is 2.14 bits per heavy atom. The van der Waals surface area contributed by atoms with Gasteiger partial charge in [0.25, 0.3) is 0 Å². The van der Waals surface area contributed by atoms with Crippen molar-refractivity contribution in [3.05, 3.63) is 29.8 Å². The van der Waals surface area contributed by atoms with Crippen LogP contribution in [0.25, 0.3) is 0 Å². The van der Waals surface area contributed by atoms with Crippen LogP contribution in [-0.2, 0) is 4.79 Å². The van der Waals surface area contributed by atoms with E-state index in [4.69, 9.17) is 5.73 Å². The van der Waals surface area contributed by atoms with E-state index in [1.165, 1.54) is 11.3 Å². The molecule has 4 N–H and O–H groups in total. The van der Waals surface area contributed by atoms with Gasteiger partial charge in [-0.1, -0.05) is 12.1 Å². The predicted molar refractivity (Wildman–Crippen MR) is 121 cm³/mol. The third-order valence-electron chi connectivity index (χ3n) is 5.50. The number of primary amides is 1. The number of rotatable bonds is 10. The van der Waals surface area contributed by atoms with E-state index in [1.807, 2.05) is 0 Å². The topological polar surface area (TPSA) is 86.0 Å². The molecule has 1 fully saturated rings. The van der Waals surface area contributed by atoms with E-state index in [0.717, 1.165) is 71.0 Å². The maximum Gasteiger partial charge on any atom is 0.221 e. The molecular weight excluding hydrogens is 364 g/mol. The molecule has 0 spiro atoms. The molecule has 0 radical (unpaired) electrons.